The Hall–Kier alpha value is -5.24. The Kier molecular flexibility index (Phi) is 18.4. The van der Waals surface area contributed by atoms with E-state index < -0.39 is 0 Å². The highest BCUT2D eigenvalue weighted by atomic mass is 16.5. The third-order valence-electron chi connectivity index (χ3n) is 11.7. The maximum Gasteiger partial charge on any atom is 0.314 e. The zero-order valence-electron chi connectivity index (χ0n) is 36.1. The maximum atomic E-state index is 12.6. The Balaban J connectivity index is 0.000000236. The van der Waals surface area contributed by atoms with E-state index in [1.807, 2.05) is 86.6 Å². The first-order valence-corrected chi connectivity index (χ1v) is 22.3. The molecule has 4 aromatic rings. The monoisotopic (exact) mass is 816 g/mol. The molecule has 8 heteroatoms. The van der Waals surface area contributed by atoms with Crippen molar-refractivity contribution in [3.8, 4) is 23.0 Å². The van der Waals surface area contributed by atoms with Crippen LogP contribution in [0.4, 0.5) is 0 Å². The molecule has 60 heavy (non-hydrogen) atoms. The second-order valence-electron chi connectivity index (χ2n) is 16.6. The van der Waals surface area contributed by atoms with Crippen LogP contribution in [-0.4, -0.2) is 23.9 Å². The molecule has 2 saturated carbocycles. The quantitative estimate of drug-likeness (QED) is 0.0625. The van der Waals surface area contributed by atoms with Crippen LogP contribution in [0.1, 0.15) is 126 Å². The molecular weight excluding hydrogens is 753 g/mol. The van der Waals surface area contributed by atoms with Crippen LogP contribution in [0, 0.1) is 37.5 Å². The Morgan fingerprint density at radius 1 is 0.383 bits per heavy atom. The number of aryl methyl sites for hydroxylation is 4. The fraction of sp³-hybridized carbons (Fsp3) is 0.462. The Bertz CT molecular complexity index is 1770. The van der Waals surface area contributed by atoms with Crippen LogP contribution in [0.2, 0.25) is 0 Å². The lowest BCUT2D eigenvalue weighted by Crippen LogP contribution is -2.30. The van der Waals surface area contributed by atoms with E-state index in [0.717, 1.165) is 24.0 Å². The summed E-state index contributed by atoms with van der Waals surface area (Å²) in [5, 5.41) is 0. The third kappa shape index (κ3) is 15.1. The fourth-order valence-electron chi connectivity index (χ4n) is 7.75. The SMILES string of the molecule is CCCCCc1ccc(OC(=O)C2CCC(C(=O)Oc3ccc(CCCCC)cc3)CC2)cc1.Cc1ccc(OC(=O)C2CCC(C(=O)Oc3ccc(C)cc3)CC2)cc1. The number of hydrogen-bond donors (Lipinski definition) is 0. The van der Waals surface area contributed by atoms with Gasteiger partial charge in [-0.15, -0.1) is 0 Å². The van der Waals surface area contributed by atoms with Crippen LogP contribution < -0.4 is 18.9 Å². The minimum absolute atomic E-state index is 0.153. The molecule has 2 aliphatic carbocycles. The first-order valence-electron chi connectivity index (χ1n) is 22.3. The predicted octanol–water partition coefficient (Wildman–Crippen LogP) is 12.1. The fourth-order valence-corrected chi connectivity index (χ4v) is 7.75. The molecule has 0 radical (unpaired) electrons. The summed E-state index contributed by atoms with van der Waals surface area (Å²) in [5.74, 6) is 0.925. The van der Waals surface area contributed by atoms with Gasteiger partial charge in [0.05, 0.1) is 23.7 Å². The molecule has 2 fully saturated rings. The molecule has 0 amide bonds. The van der Waals surface area contributed by atoms with Gasteiger partial charge in [-0.2, -0.15) is 0 Å². The first kappa shape index (κ1) is 45.8. The van der Waals surface area contributed by atoms with E-state index in [0.29, 0.717) is 74.4 Å². The molecule has 4 aromatic carbocycles. The number of carbonyl (C=O) groups is 4. The van der Waals surface area contributed by atoms with Gasteiger partial charge in [-0.3, -0.25) is 19.2 Å². The van der Waals surface area contributed by atoms with Crippen molar-refractivity contribution >= 4 is 23.9 Å². The van der Waals surface area contributed by atoms with Crippen LogP contribution >= 0.6 is 0 Å². The van der Waals surface area contributed by atoms with Gasteiger partial charge < -0.3 is 18.9 Å². The predicted molar refractivity (Wildman–Crippen MR) is 235 cm³/mol. The van der Waals surface area contributed by atoms with Gasteiger partial charge in [0.25, 0.3) is 0 Å². The Labute approximate surface area is 357 Å². The minimum Gasteiger partial charge on any atom is -0.426 e. The van der Waals surface area contributed by atoms with Crippen LogP contribution in [0.5, 0.6) is 23.0 Å². The molecule has 0 atom stereocenters. The number of esters is 4. The van der Waals surface area contributed by atoms with Crippen molar-refractivity contribution in [1.82, 2.24) is 0 Å². The molecule has 0 spiro atoms. The normalized spacial score (nSPS) is 18.6. The lowest BCUT2D eigenvalue weighted by atomic mass is 9.82. The van der Waals surface area contributed by atoms with E-state index >= 15 is 0 Å². The summed E-state index contributed by atoms with van der Waals surface area (Å²) in [6.45, 7) is 8.38. The first-order chi connectivity index (χ1) is 29.1. The highest BCUT2D eigenvalue weighted by Gasteiger charge is 2.33. The van der Waals surface area contributed by atoms with Gasteiger partial charge in [0, 0.05) is 0 Å². The zero-order valence-corrected chi connectivity index (χ0v) is 36.1. The van der Waals surface area contributed by atoms with Crippen molar-refractivity contribution in [2.45, 2.75) is 130 Å². The molecule has 0 aliphatic heterocycles. The number of benzene rings is 4. The van der Waals surface area contributed by atoms with E-state index in [1.165, 1.54) is 49.7 Å². The molecule has 0 N–H and O–H groups in total. The summed E-state index contributed by atoms with van der Waals surface area (Å²) in [6, 6.07) is 30.6. The average Bonchev–Trinajstić information content (AvgIpc) is 3.27. The minimum atomic E-state index is -0.209. The van der Waals surface area contributed by atoms with E-state index in [4.69, 9.17) is 18.9 Å². The average molecular weight is 817 g/mol. The highest BCUT2D eigenvalue weighted by molar-refractivity contribution is 5.78. The summed E-state index contributed by atoms with van der Waals surface area (Å²) in [7, 11) is 0. The van der Waals surface area contributed by atoms with E-state index in [9.17, 15) is 19.2 Å². The molecule has 0 saturated heterocycles. The smallest absolute Gasteiger partial charge is 0.314 e. The highest BCUT2D eigenvalue weighted by Crippen LogP contribution is 2.33. The van der Waals surface area contributed by atoms with Crippen LogP contribution in [-0.2, 0) is 32.0 Å². The second-order valence-corrected chi connectivity index (χ2v) is 16.6. The third-order valence-corrected chi connectivity index (χ3v) is 11.7. The molecule has 8 nitrogen and oxygen atoms in total. The lowest BCUT2D eigenvalue weighted by Gasteiger charge is -2.25. The summed E-state index contributed by atoms with van der Waals surface area (Å²) >= 11 is 0. The summed E-state index contributed by atoms with van der Waals surface area (Å²) in [4.78, 5) is 49.9. The van der Waals surface area contributed by atoms with Gasteiger partial charge in [0.1, 0.15) is 23.0 Å². The van der Waals surface area contributed by atoms with Gasteiger partial charge in [-0.1, -0.05) is 99.2 Å². The molecule has 0 heterocycles. The van der Waals surface area contributed by atoms with Crippen molar-refractivity contribution in [1.29, 1.82) is 0 Å². The molecule has 6 rings (SSSR count). The number of carbonyl (C=O) groups excluding carboxylic acids is 4. The standard InChI is InChI=1S/C30H40O4.C22H24O4/c1-3-5-7-9-23-11-19-27(20-12-23)33-29(31)25-15-17-26(18-16-25)30(32)34-28-21-13-24(14-22-28)10-8-6-4-2;1-15-3-11-19(12-4-15)25-21(23)17-7-9-18(10-8-17)22(24)26-20-13-5-16(2)6-14-20/h11-14,19-22,25-26H,3-10,15-18H2,1-2H3;3-6,11-14,17-18H,7-10H2,1-2H3. The Morgan fingerprint density at radius 2 is 0.617 bits per heavy atom. The number of unbranched alkanes of at least 4 members (excludes halogenated alkanes) is 4. The lowest BCUT2D eigenvalue weighted by molar-refractivity contribution is -0.145. The van der Waals surface area contributed by atoms with Crippen molar-refractivity contribution in [2.75, 3.05) is 0 Å². The van der Waals surface area contributed by atoms with Gasteiger partial charge in [0.2, 0.25) is 0 Å². The van der Waals surface area contributed by atoms with Crippen LogP contribution in [0.15, 0.2) is 97.1 Å². The second kappa shape index (κ2) is 24.1. The summed E-state index contributed by atoms with van der Waals surface area (Å²) in [5.41, 5.74) is 4.80. The van der Waals surface area contributed by atoms with E-state index in [-0.39, 0.29) is 47.5 Å². The molecule has 0 aromatic heterocycles. The topological polar surface area (TPSA) is 105 Å². The van der Waals surface area contributed by atoms with Crippen LogP contribution in [0.3, 0.4) is 0 Å². The molecular formula is C52H64O8. The van der Waals surface area contributed by atoms with Gasteiger partial charge in [0.15, 0.2) is 0 Å². The maximum absolute atomic E-state index is 12.6. The largest absolute Gasteiger partial charge is 0.426 e. The van der Waals surface area contributed by atoms with Crippen molar-refractivity contribution < 1.29 is 38.1 Å². The molecule has 0 bridgehead atoms. The number of ether oxygens (including phenoxy) is 4. The van der Waals surface area contributed by atoms with Crippen LogP contribution in [0.25, 0.3) is 0 Å². The molecule has 2 aliphatic rings. The number of rotatable bonds is 16. The van der Waals surface area contributed by atoms with E-state index in [2.05, 4.69) is 13.8 Å². The number of hydrogen-bond acceptors (Lipinski definition) is 8. The zero-order chi connectivity index (χ0) is 42.7. The van der Waals surface area contributed by atoms with Crippen molar-refractivity contribution in [3.05, 3.63) is 119 Å². The van der Waals surface area contributed by atoms with Gasteiger partial charge in [-0.05, 0) is 151 Å². The van der Waals surface area contributed by atoms with Gasteiger partial charge >= 0.3 is 23.9 Å². The molecule has 0 unspecified atom stereocenters. The summed E-state index contributed by atoms with van der Waals surface area (Å²) < 4.78 is 22.1. The van der Waals surface area contributed by atoms with Crippen molar-refractivity contribution in [2.24, 2.45) is 23.7 Å². The summed E-state index contributed by atoms with van der Waals surface area (Å²) in [6.07, 6.45) is 14.6. The van der Waals surface area contributed by atoms with E-state index in [1.54, 1.807) is 24.3 Å². The Morgan fingerprint density at radius 3 is 0.850 bits per heavy atom. The van der Waals surface area contributed by atoms with Gasteiger partial charge in [-0.25, -0.2) is 0 Å². The van der Waals surface area contributed by atoms with Crippen molar-refractivity contribution in [3.63, 3.8) is 0 Å². The molecule has 320 valence electrons.